The summed E-state index contributed by atoms with van der Waals surface area (Å²) in [5.41, 5.74) is 3.27. The first-order valence-corrected chi connectivity index (χ1v) is 8.62. The largest absolute Gasteiger partial charge is 0.490 e. The molecule has 0 N–H and O–H groups in total. The SMILES string of the molecule is [C-]#[N+]C(C#N)=C1C=C(C=Cc2ccc(N3CCCC3)cc2)OC(C)C1. The van der Waals surface area contributed by atoms with Crippen molar-refractivity contribution in [2.75, 3.05) is 18.0 Å². The Hall–Kier alpha value is -2.98. The second-order valence-corrected chi connectivity index (χ2v) is 6.40. The number of rotatable bonds is 3. The van der Waals surface area contributed by atoms with E-state index in [1.807, 2.05) is 25.1 Å². The Balaban J connectivity index is 1.75. The van der Waals surface area contributed by atoms with Crippen molar-refractivity contribution < 1.29 is 4.74 Å². The van der Waals surface area contributed by atoms with Gasteiger partial charge in [-0.3, -0.25) is 0 Å². The minimum Gasteiger partial charge on any atom is -0.490 e. The molecule has 0 aromatic heterocycles. The lowest BCUT2D eigenvalue weighted by Gasteiger charge is -2.22. The smallest absolute Gasteiger partial charge is 0.265 e. The van der Waals surface area contributed by atoms with Crippen molar-refractivity contribution in [3.05, 3.63) is 70.4 Å². The molecule has 0 aliphatic carbocycles. The standard InChI is InChI=1S/C21H21N3O/c1-16-13-18(21(15-22)23-2)14-20(25-16)10-7-17-5-8-19(9-6-17)24-11-3-4-12-24/h5-10,14,16H,3-4,11-13H2,1H3. The zero-order valence-corrected chi connectivity index (χ0v) is 14.4. The van der Waals surface area contributed by atoms with Crippen LogP contribution in [0.15, 0.2) is 53.4 Å². The highest BCUT2D eigenvalue weighted by molar-refractivity contribution is 5.58. The number of nitrogens with zero attached hydrogens (tertiary/aromatic N) is 3. The first-order chi connectivity index (χ1) is 12.2. The quantitative estimate of drug-likeness (QED) is 0.596. The van der Waals surface area contributed by atoms with Crippen molar-refractivity contribution in [1.82, 2.24) is 0 Å². The Morgan fingerprint density at radius 1 is 1.28 bits per heavy atom. The topological polar surface area (TPSA) is 40.6 Å². The zero-order valence-electron chi connectivity index (χ0n) is 14.4. The van der Waals surface area contributed by atoms with E-state index < -0.39 is 0 Å². The van der Waals surface area contributed by atoms with Gasteiger partial charge < -0.3 is 9.64 Å². The molecule has 1 atom stereocenters. The summed E-state index contributed by atoms with van der Waals surface area (Å²) < 4.78 is 5.80. The summed E-state index contributed by atoms with van der Waals surface area (Å²) in [6, 6.07) is 10.5. The Labute approximate surface area is 149 Å². The van der Waals surface area contributed by atoms with E-state index in [1.54, 1.807) is 6.08 Å². The minimum absolute atomic E-state index is 0.0395. The van der Waals surface area contributed by atoms with Gasteiger partial charge in [0.05, 0.1) is 18.7 Å². The molecule has 2 aliphatic heterocycles. The maximum atomic E-state index is 9.06. The van der Waals surface area contributed by atoms with E-state index >= 15 is 0 Å². The van der Waals surface area contributed by atoms with Crippen LogP contribution in [-0.4, -0.2) is 19.2 Å². The Kier molecular flexibility index (Phi) is 5.21. The summed E-state index contributed by atoms with van der Waals surface area (Å²) in [6.07, 6.45) is 8.80. The van der Waals surface area contributed by atoms with Gasteiger partial charge in [-0.2, -0.15) is 0 Å². The van der Waals surface area contributed by atoms with Crippen LogP contribution < -0.4 is 4.90 Å². The highest BCUT2D eigenvalue weighted by Gasteiger charge is 2.17. The minimum atomic E-state index is -0.0395. The highest BCUT2D eigenvalue weighted by atomic mass is 16.5. The fourth-order valence-electron chi connectivity index (χ4n) is 3.22. The van der Waals surface area contributed by atoms with Gasteiger partial charge in [-0.25, -0.2) is 10.1 Å². The summed E-state index contributed by atoms with van der Waals surface area (Å²) in [7, 11) is 0. The van der Waals surface area contributed by atoms with Gasteiger partial charge in [0.25, 0.3) is 5.70 Å². The number of allylic oxidation sites excluding steroid dienone is 3. The molecule has 1 aromatic carbocycles. The van der Waals surface area contributed by atoms with Crippen molar-refractivity contribution >= 4 is 11.8 Å². The lowest BCUT2D eigenvalue weighted by Crippen LogP contribution is -2.17. The molecule has 0 amide bonds. The van der Waals surface area contributed by atoms with Gasteiger partial charge in [0, 0.05) is 25.2 Å². The molecule has 1 saturated heterocycles. The summed E-state index contributed by atoms with van der Waals surface area (Å²) in [6.45, 7) is 11.3. The van der Waals surface area contributed by atoms with Crippen LogP contribution in [0.1, 0.15) is 31.7 Å². The molecular formula is C21H21N3O. The monoisotopic (exact) mass is 331 g/mol. The predicted molar refractivity (Wildman–Crippen MR) is 99.4 cm³/mol. The number of ether oxygens (including phenoxy) is 1. The van der Waals surface area contributed by atoms with E-state index in [-0.39, 0.29) is 11.8 Å². The molecular weight excluding hydrogens is 310 g/mol. The number of nitriles is 1. The van der Waals surface area contributed by atoms with Crippen LogP contribution in [0.2, 0.25) is 0 Å². The fourth-order valence-corrected chi connectivity index (χ4v) is 3.22. The molecule has 0 radical (unpaired) electrons. The summed E-state index contributed by atoms with van der Waals surface area (Å²) >= 11 is 0. The molecule has 25 heavy (non-hydrogen) atoms. The molecule has 1 unspecified atom stereocenters. The first kappa shape index (κ1) is 16.9. The number of hydrogen-bond donors (Lipinski definition) is 0. The lowest BCUT2D eigenvalue weighted by atomic mass is 10.0. The van der Waals surface area contributed by atoms with Gasteiger partial charge >= 0.3 is 0 Å². The van der Waals surface area contributed by atoms with E-state index in [0.717, 1.165) is 24.2 Å². The van der Waals surface area contributed by atoms with E-state index in [1.165, 1.54) is 18.5 Å². The summed E-state index contributed by atoms with van der Waals surface area (Å²) in [4.78, 5) is 5.71. The van der Waals surface area contributed by atoms with Gasteiger partial charge in [-0.15, -0.1) is 0 Å². The first-order valence-electron chi connectivity index (χ1n) is 8.62. The number of anilines is 1. The molecule has 0 spiro atoms. The highest BCUT2D eigenvalue weighted by Crippen LogP contribution is 2.26. The molecule has 0 saturated carbocycles. The third kappa shape index (κ3) is 4.11. The van der Waals surface area contributed by atoms with Crippen LogP contribution in [0, 0.1) is 17.9 Å². The van der Waals surface area contributed by atoms with Crippen molar-refractivity contribution in [2.45, 2.75) is 32.3 Å². The van der Waals surface area contributed by atoms with Gasteiger partial charge in [0.15, 0.2) is 0 Å². The normalized spacial score (nSPS) is 22.1. The van der Waals surface area contributed by atoms with Crippen LogP contribution in [-0.2, 0) is 4.74 Å². The lowest BCUT2D eigenvalue weighted by molar-refractivity contribution is 0.133. The predicted octanol–water partition coefficient (Wildman–Crippen LogP) is 4.69. The Morgan fingerprint density at radius 3 is 2.64 bits per heavy atom. The van der Waals surface area contributed by atoms with Crippen LogP contribution in [0.25, 0.3) is 10.9 Å². The third-order valence-electron chi connectivity index (χ3n) is 4.49. The van der Waals surface area contributed by atoms with Crippen LogP contribution >= 0.6 is 0 Å². The molecule has 1 aromatic rings. The Bertz CT molecular complexity index is 781. The fraction of sp³-hybridized carbons (Fsp3) is 0.333. The molecule has 2 heterocycles. The summed E-state index contributed by atoms with van der Waals surface area (Å²) in [5, 5.41) is 9.06. The van der Waals surface area contributed by atoms with Gasteiger partial charge in [-0.05, 0) is 55.2 Å². The van der Waals surface area contributed by atoms with E-state index in [9.17, 15) is 0 Å². The second-order valence-electron chi connectivity index (χ2n) is 6.40. The van der Waals surface area contributed by atoms with E-state index in [4.69, 9.17) is 16.6 Å². The molecule has 1 fully saturated rings. The third-order valence-corrected chi connectivity index (χ3v) is 4.49. The molecule has 4 nitrogen and oxygen atoms in total. The second kappa shape index (κ2) is 7.73. The molecule has 4 heteroatoms. The average Bonchev–Trinajstić information content (AvgIpc) is 3.16. The molecule has 2 aliphatic rings. The van der Waals surface area contributed by atoms with E-state index in [0.29, 0.717) is 12.2 Å². The van der Waals surface area contributed by atoms with Crippen LogP contribution in [0.5, 0.6) is 0 Å². The molecule has 0 bridgehead atoms. The average molecular weight is 331 g/mol. The maximum Gasteiger partial charge on any atom is 0.265 e. The molecule has 3 rings (SSSR count). The van der Waals surface area contributed by atoms with Crippen molar-refractivity contribution in [3.63, 3.8) is 0 Å². The van der Waals surface area contributed by atoms with Crippen LogP contribution in [0.4, 0.5) is 5.69 Å². The van der Waals surface area contributed by atoms with Gasteiger partial charge in [-0.1, -0.05) is 18.2 Å². The van der Waals surface area contributed by atoms with Crippen molar-refractivity contribution in [1.29, 1.82) is 5.26 Å². The Morgan fingerprint density at radius 2 is 2.00 bits per heavy atom. The maximum absolute atomic E-state index is 9.06. The molecule has 126 valence electrons. The number of benzene rings is 1. The summed E-state index contributed by atoms with van der Waals surface area (Å²) in [5.74, 6) is 0.689. The van der Waals surface area contributed by atoms with Crippen molar-refractivity contribution in [3.8, 4) is 6.07 Å². The zero-order chi connectivity index (χ0) is 17.6. The van der Waals surface area contributed by atoms with Gasteiger partial charge in [0.2, 0.25) is 0 Å². The van der Waals surface area contributed by atoms with Crippen LogP contribution in [0.3, 0.4) is 0 Å². The number of hydrogen-bond acceptors (Lipinski definition) is 3. The van der Waals surface area contributed by atoms with E-state index in [2.05, 4.69) is 34.0 Å². The van der Waals surface area contributed by atoms with Gasteiger partial charge in [0.1, 0.15) is 5.76 Å². The van der Waals surface area contributed by atoms with Crippen molar-refractivity contribution in [2.24, 2.45) is 0 Å².